The van der Waals surface area contributed by atoms with Crippen LogP contribution in [0.2, 0.25) is 0 Å². The van der Waals surface area contributed by atoms with Crippen LogP contribution in [0.25, 0.3) is 0 Å². The van der Waals surface area contributed by atoms with Crippen molar-refractivity contribution in [3.63, 3.8) is 0 Å². The number of benzene rings is 2. The molecule has 5 rings (SSSR count). The smallest absolute Gasteiger partial charge is 0.381 e. The van der Waals surface area contributed by atoms with Gasteiger partial charge in [-0.2, -0.15) is 13.2 Å². The van der Waals surface area contributed by atoms with Crippen molar-refractivity contribution in [2.24, 2.45) is 11.8 Å². The lowest BCUT2D eigenvalue weighted by Gasteiger charge is -2.36. The van der Waals surface area contributed by atoms with E-state index >= 15 is 0 Å². The molecule has 198 valence electrons. The van der Waals surface area contributed by atoms with Crippen LogP contribution < -0.4 is 5.32 Å². The molecule has 0 bridgehead atoms. The largest absolute Gasteiger partial charge is 0.419 e. The molecule has 7 nitrogen and oxygen atoms in total. The monoisotopic (exact) mass is 540 g/mol. The molecule has 3 fully saturated rings. The highest BCUT2D eigenvalue weighted by Crippen LogP contribution is 2.48. The third-order valence-corrected chi connectivity index (χ3v) is 8.35. The summed E-state index contributed by atoms with van der Waals surface area (Å²) in [6.45, 7) is 0.481. The SMILES string of the molecule is CS(=O)(=O)c1cccc(C(=O)N2[C@@H](C(=O)NC(c3ccc(C(F)(F)F)c(F)c3)C3COC3)C[C@H]3C[C@H]32)c1. The number of nitrogens with one attached hydrogen (secondary N) is 1. The van der Waals surface area contributed by atoms with E-state index in [4.69, 9.17) is 4.74 Å². The molecule has 12 heteroatoms. The molecule has 2 aromatic rings. The summed E-state index contributed by atoms with van der Waals surface area (Å²) in [5.41, 5.74) is -1.08. The molecule has 1 saturated carbocycles. The van der Waals surface area contributed by atoms with Gasteiger partial charge >= 0.3 is 6.18 Å². The van der Waals surface area contributed by atoms with Gasteiger partial charge in [0.05, 0.1) is 29.7 Å². The average Bonchev–Trinajstić information content (AvgIpc) is 3.45. The topological polar surface area (TPSA) is 92.8 Å². The van der Waals surface area contributed by atoms with Crippen molar-refractivity contribution < 1.29 is 40.3 Å². The molecule has 2 aliphatic heterocycles. The van der Waals surface area contributed by atoms with E-state index in [-0.39, 0.29) is 47.1 Å². The quantitative estimate of drug-likeness (QED) is 0.568. The van der Waals surface area contributed by atoms with E-state index in [1.54, 1.807) is 0 Å². The number of hydrogen-bond donors (Lipinski definition) is 1. The van der Waals surface area contributed by atoms with Crippen LogP contribution in [0.1, 0.15) is 40.4 Å². The van der Waals surface area contributed by atoms with Gasteiger partial charge in [0, 0.05) is 23.8 Å². The summed E-state index contributed by atoms with van der Waals surface area (Å²) >= 11 is 0. The molecule has 1 aliphatic carbocycles. The fraction of sp³-hybridized carbons (Fsp3) is 0.440. The van der Waals surface area contributed by atoms with Crippen molar-refractivity contribution in [2.45, 2.75) is 42.0 Å². The maximum atomic E-state index is 14.3. The van der Waals surface area contributed by atoms with Gasteiger partial charge in [-0.15, -0.1) is 0 Å². The molecular formula is C25H24F4N2O5S. The first kappa shape index (κ1) is 25.7. The molecule has 4 atom stereocenters. The van der Waals surface area contributed by atoms with E-state index in [0.29, 0.717) is 12.5 Å². The normalized spacial score (nSPS) is 24.2. The molecule has 1 unspecified atom stereocenters. The van der Waals surface area contributed by atoms with Crippen LogP contribution in [0, 0.1) is 17.7 Å². The van der Waals surface area contributed by atoms with Crippen molar-refractivity contribution in [1.29, 1.82) is 0 Å². The number of piperidine rings is 1. The van der Waals surface area contributed by atoms with Crippen LogP contribution in [0.3, 0.4) is 0 Å². The van der Waals surface area contributed by atoms with Crippen molar-refractivity contribution in [3.05, 3.63) is 65.0 Å². The van der Waals surface area contributed by atoms with E-state index in [1.807, 2.05) is 0 Å². The Kier molecular flexibility index (Phi) is 6.30. The third kappa shape index (κ3) is 4.96. The number of sulfone groups is 1. The summed E-state index contributed by atoms with van der Waals surface area (Å²) in [6.07, 6.45) is -2.68. The van der Waals surface area contributed by atoms with E-state index in [1.165, 1.54) is 29.2 Å². The molecule has 0 aromatic heterocycles. The number of fused-ring (bicyclic) bond motifs is 1. The van der Waals surface area contributed by atoms with E-state index in [0.717, 1.165) is 24.8 Å². The van der Waals surface area contributed by atoms with Crippen molar-refractivity contribution in [1.82, 2.24) is 10.2 Å². The summed E-state index contributed by atoms with van der Waals surface area (Å²) < 4.78 is 82.4. The minimum absolute atomic E-state index is 0.0136. The predicted octanol–water partition coefficient (Wildman–Crippen LogP) is 3.35. The van der Waals surface area contributed by atoms with Gasteiger partial charge in [-0.25, -0.2) is 12.8 Å². The first-order chi connectivity index (χ1) is 17.3. The van der Waals surface area contributed by atoms with Crippen LogP contribution in [-0.2, 0) is 25.5 Å². The Balaban J connectivity index is 1.39. The van der Waals surface area contributed by atoms with Gasteiger partial charge in [0.2, 0.25) is 5.91 Å². The summed E-state index contributed by atoms with van der Waals surface area (Å²) in [5, 5.41) is 2.82. The maximum absolute atomic E-state index is 14.3. The molecule has 0 spiro atoms. The Morgan fingerprint density at radius 2 is 1.84 bits per heavy atom. The van der Waals surface area contributed by atoms with Gasteiger partial charge in [-0.1, -0.05) is 12.1 Å². The predicted molar refractivity (Wildman–Crippen MR) is 123 cm³/mol. The fourth-order valence-electron chi connectivity index (χ4n) is 5.12. The number of nitrogens with zero attached hydrogens (tertiary/aromatic N) is 1. The van der Waals surface area contributed by atoms with Crippen molar-refractivity contribution >= 4 is 21.7 Å². The number of carbonyl (C=O) groups is 2. The minimum atomic E-state index is -4.85. The molecule has 2 heterocycles. The number of halogens is 4. The summed E-state index contributed by atoms with van der Waals surface area (Å²) in [4.78, 5) is 28.2. The molecule has 3 aliphatic rings. The lowest BCUT2D eigenvalue weighted by molar-refractivity contribution is -0.140. The Morgan fingerprint density at radius 3 is 2.43 bits per heavy atom. The molecule has 2 amide bonds. The summed E-state index contributed by atoms with van der Waals surface area (Å²) in [5.74, 6) is -2.55. The van der Waals surface area contributed by atoms with Crippen LogP contribution in [0.15, 0.2) is 47.4 Å². The fourth-order valence-corrected chi connectivity index (χ4v) is 5.78. The number of likely N-dealkylation sites (tertiary alicyclic amines) is 1. The minimum Gasteiger partial charge on any atom is -0.381 e. The van der Waals surface area contributed by atoms with Gasteiger partial charge in [-0.05, 0) is 54.7 Å². The van der Waals surface area contributed by atoms with Gasteiger partial charge in [0.15, 0.2) is 9.84 Å². The second kappa shape index (κ2) is 9.09. The van der Waals surface area contributed by atoms with Crippen LogP contribution in [-0.4, -0.2) is 56.7 Å². The highest BCUT2D eigenvalue weighted by molar-refractivity contribution is 7.90. The lowest BCUT2D eigenvalue weighted by atomic mass is 9.90. The Hall–Kier alpha value is -2.99. The van der Waals surface area contributed by atoms with Crippen LogP contribution in [0.5, 0.6) is 0 Å². The molecule has 0 radical (unpaired) electrons. The van der Waals surface area contributed by atoms with Crippen molar-refractivity contribution in [3.8, 4) is 0 Å². The van der Waals surface area contributed by atoms with E-state index in [2.05, 4.69) is 5.32 Å². The lowest BCUT2D eigenvalue weighted by Crippen LogP contribution is -2.51. The second-order valence-electron chi connectivity index (χ2n) is 9.85. The van der Waals surface area contributed by atoms with Gasteiger partial charge in [-0.3, -0.25) is 9.59 Å². The van der Waals surface area contributed by atoms with Crippen molar-refractivity contribution in [2.75, 3.05) is 19.5 Å². The number of alkyl halides is 3. The Bertz CT molecular complexity index is 1360. The standard InChI is InChI=1S/C25H24F4N2O5S/c1-37(34,35)17-4-2-3-14(7-17)24(33)31-20-9-15(20)10-21(31)23(32)30-22(16-11-36-12-16)13-5-6-18(19(26)8-13)25(27,28)29/h2-8,15-16,20-22H,9-12H2,1H3,(H,30,32)/t15-,20-,21-,22?/m1/s1. The number of hydrogen-bond acceptors (Lipinski definition) is 5. The van der Waals surface area contributed by atoms with Crippen LogP contribution >= 0.6 is 0 Å². The average molecular weight is 541 g/mol. The highest BCUT2D eigenvalue weighted by atomic mass is 32.2. The third-order valence-electron chi connectivity index (χ3n) is 7.24. The zero-order valence-electron chi connectivity index (χ0n) is 19.7. The molecule has 37 heavy (non-hydrogen) atoms. The maximum Gasteiger partial charge on any atom is 0.419 e. The number of carbonyl (C=O) groups excluding carboxylic acids is 2. The molecule has 1 N–H and O–H groups in total. The first-order valence-corrected chi connectivity index (χ1v) is 13.6. The highest BCUT2D eigenvalue weighted by Gasteiger charge is 2.56. The summed E-state index contributed by atoms with van der Waals surface area (Å²) in [7, 11) is -3.55. The molecule has 2 aromatic carbocycles. The zero-order chi connectivity index (χ0) is 26.7. The molecular weight excluding hydrogens is 516 g/mol. The number of ether oxygens (including phenoxy) is 1. The second-order valence-corrected chi connectivity index (χ2v) is 11.9. The van der Waals surface area contributed by atoms with Gasteiger partial charge in [0.1, 0.15) is 11.9 Å². The number of rotatable bonds is 6. The summed E-state index contributed by atoms with van der Waals surface area (Å²) in [6, 6.07) is 6.38. The first-order valence-electron chi connectivity index (χ1n) is 11.7. The van der Waals surface area contributed by atoms with Gasteiger partial charge < -0.3 is 15.0 Å². The number of amides is 2. The van der Waals surface area contributed by atoms with E-state index < -0.39 is 51.3 Å². The van der Waals surface area contributed by atoms with E-state index in [9.17, 15) is 35.6 Å². The molecule has 2 saturated heterocycles. The Morgan fingerprint density at radius 1 is 1.11 bits per heavy atom. The van der Waals surface area contributed by atoms with Gasteiger partial charge in [0.25, 0.3) is 5.91 Å². The van der Waals surface area contributed by atoms with Crippen LogP contribution in [0.4, 0.5) is 17.6 Å². The zero-order valence-corrected chi connectivity index (χ0v) is 20.5. The Labute approximate surface area is 210 Å².